The van der Waals surface area contributed by atoms with Gasteiger partial charge in [0.15, 0.2) is 0 Å². The van der Waals surface area contributed by atoms with Gasteiger partial charge in [-0.25, -0.2) is 0 Å². The minimum absolute atomic E-state index is 0.0665. The largest absolute Gasteiger partial charge is 0.456 e. The Morgan fingerprint density at radius 2 is 1.83 bits per heavy atom. The van der Waals surface area contributed by atoms with Gasteiger partial charge in [0.2, 0.25) is 5.91 Å². The maximum atomic E-state index is 12.7. The summed E-state index contributed by atoms with van der Waals surface area (Å²) in [7, 11) is 0. The van der Waals surface area contributed by atoms with E-state index in [1.54, 1.807) is 18.2 Å². The quantitative estimate of drug-likeness (QED) is 0.570. The number of ether oxygens (including phenoxy) is 1. The Bertz CT molecular complexity index is 1120. The Balaban J connectivity index is 1.57. The number of nitrogens with two attached hydrogens (primary N) is 1. The number of carbonyl (C=O) groups is 2. The van der Waals surface area contributed by atoms with E-state index in [0.29, 0.717) is 29.2 Å². The molecule has 0 aliphatic heterocycles. The van der Waals surface area contributed by atoms with Gasteiger partial charge in [0.25, 0.3) is 0 Å². The van der Waals surface area contributed by atoms with Crippen LogP contribution in [0.1, 0.15) is 51.7 Å². The molecule has 0 aromatic heterocycles. The topological polar surface area (TPSA) is 69.4 Å². The summed E-state index contributed by atoms with van der Waals surface area (Å²) in [6.45, 7) is 2.00. The number of hydrogen-bond acceptors (Lipinski definition) is 3. The standard InChI is InChI=1S/C25H22ClNO3/c1-15-4-2-7-20(10-15)30-24-14-16(8-9-22(24)26)19-12-21(23(28)13-19)17-5-3-6-18(11-17)25(27)29/h2-11,14,19,21H,12-13H2,1H3,(H2,27,29)/t19-,21?/m1/s1. The Morgan fingerprint density at radius 1 is 1.03 bits per heavy atom. The molecule has 30 heavy (non-hydrogen) atoms. The number of amides is 1. The average Bonchev–Trinajstić information content (AvgIpc) is 3.11. The molecular formula is C25H22ClNO3. The number of rotatable bonds is 5. The average molecular weight is 420 g/mol. The maximum absolute atomic E-state index is 12.7. The molecule has 0 radical (unpaired) electrons. The van der Waals surface area contributed by atoms with E-state index in [2.05, 4.69) is 0 Å². The molecule has 2 N–H and O–H groups in total. The molecule has 0 heterocycles. The van der Waals surface area contributed by atoms with Gasteiger partial charge in [0.05, 0.1) is 5.02 Å². The molecule has 3 aromatic rings. The van der Waals surface area contributed by atoms with Crippen LogP contribution >= 0.6 is 11.6 Å². The fraction of sp³-hybridized carbons (Fsp3) is 0.200. The second-order valence-electron chi connectivity index (χ2n) is 7.75. The minimum Gasteiger partial charge on any atom is -0.456 e. The third kappa shape index (κ3) is 4.24. The highest BCUT2D eigenvalue weighted by Crippen LogP contribution is 2.43. The highest BCUT2D eigenvalue weighted by atomic mass is 35.5. The minimum atomic E-state index is -0.491. The molecule has 1 aliphatic carbocycles. The van der Waals surface area contributed by atoms with Crippen molar-refractivity contribution in [2.75, 3.05) is 0 Å². The first-order chi connectivity index (χ1) is 14.4. The van der Waals surface area contributed by atoms with Crippen molar-refractivity contribution in [3.05, 3.63) is 94.0 Å². The molecule has 0 saturated heterocycles. The van der Waals surface area contributed by atoms with Crippen molar-refractivity contribution in [2.24, 2.45) is 5.73 Å². The van der Waals surface area contributed by atoms with Gasteiger partial charge in [-0.1, -0.05) is 41.9 Å². The van der Waals surface area contributed by atoms with Crippen LogP contribution in [0.4, 0.5) is 0 Å². The summed E-state index contributed by atoms with van der Waals surface area (Å²) >= 11 is 6.36. The fourth-order valence-corrected chi connectivity index (χ4v) is 4.18. The molecule has 4 rings (SSSR count). The fourth-order valence-electron chi connectivity index (χ4n) is 4.03. The molecule has 1 fully saturated rings. The highest BCUT2D eigenvalue weighted by Gasteiger charge is 2.34. The van der Waals surface area contributed by atoms with Crippen LogP contribution in [0, 0.1) is 6.92 Å². The maximum Gasteiger partial charge on any atom is 0.248 e. The van der Waals surface area contributed by atoms with Crippen LogP contribution in [0.25, 0.3) is 0 Å². The summed E-state index contributed by atoms with van der Waals surface area (Å²) in [4.78, 5) is 24.2. The molecule has 2 atom stereocenters. The van der Waals surface area contributed by atoms with Crippen LogP contribution in [0.5, 0.6) is 11.5 Å². The van der Waals surface area contributed by atoms with E-state index in [-0.39, 0.29) is 17.6 Å². The zero-order valence-electron chi connectivity index (χ0n) is 16.6. The van der Waals surface area contributed by atoms with Crippen LogP contribution in [0.2, 0.25) is 5.02 Å². The summed E-state index contributed by atoms with van der Waals surface area (Å²) < 4.78 is 6.00. The van der Waals surface area contributed by atoms with Gasteiger partial charge in [-0.15, -0.1) is 0 Å². The van der Waals surface area contributed by atoms with Crippen molar-refractivity contribution in [3.8, 4) is 11.5 Å². The van der Waals surface area contributed by atoms with Gasteiger partial charge in [0, 0.05) is 17.9 Å². The van der Waals surface area contributed by atoms with E-state index in [9.17, 15) is 9.59 Å². The molecule has 152 valence electrons. The van der Waals surface area contributed by atoms with E-state index in [1.807, 2.05) is 55.5 Å². The first-order valence-electron chi connectivity index (χ1n) is 9.87. The number of benzene rings is 3. The highest BCUT2D eigenvalue weighted by molar-refractivity contribution is 6.32. The van der Waals surface area contributed by atoms with E-state index in [1.165, 1.54) is 0 Å². The van der Waals surface area contributed by atoms with Crippen LogP contribution < -0.4 is 10.5 Å². The lowest BCUT2D eigenvalue weighted by Gasteiger charge is -2.14. The van der Waals surface area contributed by atoms with Crippen molar-refractivity contribution in [2.45, 2.75) is 31.6 Å². The summed E-state index contributed by atoms with van der Waals surface area (Å²) in [6.07, 6.45) is 1.11. The predicted molar refractivity (Wildman–Crippen MR) is 117 cm³/mol. The number of primary amides is 1. The van der Waals surface area contributed by atoms with Crippen molar-refractivity contribution in [3.63, 3.8) is 0 Å². The number of carbonyl (C=O) groups excluding carboxylic acids is 2. The van der Waals surface area contributed by atoms with Crippen LogP contribution in [-0.2, 0) is 4.79 Å². The predicted octanol–water partition coefficient (Wildman–Crippen LogP) is 5.77. The van der Waals surface area contributed by atoms with Gasteiger partial charge < -0.3 is 10.5 Å². The summed E-state index contributed by atoms with van der Waals surface area (Å²) in [5.41, 5.74) is 8.76. The second kappa shape index (κ2) is 8.33. The zero-order valence-corrected chi connectivity index (χ0v) is 17.4. The van der Waals surface area contributed by atoms with Crippen LogP contribution in [0.3, 0.4) is 0 Å². The van der Waals surface area contributed by atoms with Crippen molar-refractivity contribution in [1.82, 2.24) is 0 Å². The molecule has 1 amide bonds. The van der Waals surface area contributed by atoms with Gasteiger partial charge >= 0.3 is 0 Å². The number of aryl methyl sites for hydroxylation is 1. The van der Waals surface area contributed by atoms with E-state index >= 15 is 0 Å². The summed E-state index contributed by atoms with van der Waals surface area (Å²) in [5, 5.41) is 0.523. The van der Waals surface area contributed by atoms with Crippen molar-refractivity contribution >= 4 is 23.3 Å². The Kier molecular flexibility index (Phi) is 5.60. The molecular weight excluding hydrogens is 398 g/mol. The molecule has 1 unspecified atom stereocenters. The number of Topliss-reactive ketones (excluding diaryl/α,β-unsaturated/α-hetero) is 1. The summed E-state index contributed by atoms with van der Waals surface area (Å²) in [5.74, 6) is 0.791. The normalized spacial score (nSPS) is 18.4. The first kappa shape index (κ1) is 20.2. The zero-order chi connectivity index (χ0) is 21.3. The Hall–Kier alpha value is -3.11. The Morgan fingerprint density at radius 3 is 2.60 bits per heavy atom. The third-order valence-corrected chi connectivity index (χ3v) is 5.89. The van der Waals surface area contributed by atoms with Gasteiger partial charge in [-0.3, -0.25) is 9.59 Å². The number of halogens is 1. The van der Waals surface area contributed by atoms with E-state index < -0.39 is 5.91 Å². The monoisotopic (exact) mass is 419 g/mol. The molecule has 4 nitrogen and oxygen atoms in total. The third-order valence-electron chi connectivity index (χ3n) is 5.57. The van der Waals surface area contributed by atoms with E-state index in [4.69, 9.17) is 22.1 Å². The van der Waals surface area contributed by atoms with Crippen LogP contribution in [0.15, 0.2) is 66.7 Å². The lowest BCUT2D eigenvalue weighted by Crippen LogP contribution is -2.12. The second-order valence-corrected chi connectivity index (χ2v) is 8.16. The SMILES string of the molecule is Cc1cccc(Oc2cc([C@H]3CC(=O)C(c4cccc(C(N)=O)c4)C3)ccc2Cl)c1. The van der Waals surface area contributed by atoms with Gasteiger partial charge in [0.1, 0.15) is 17.3 Å². The lowest BCUT2D eigenvalue weighted by atomic mass is 9.92. The lowest BCUT2D eigenvalue weighted by molar-refractivity contribution is -0.118. The van der Waals surface area contributed by atoms with Crippen molar-refractivity contribution < 1.29 is 14.3 Å². The van der Waals surface area contributed by atoms with Crippen molar-refractivity contribution in [1.29, 1.82) is 0 Å². The molecule has 0 bridgehead atoms. The molecule has 3 aromatic carbocycles. The molecule has 1 aliphatic rings. The molecule has 1 saturated carbocycles. The van der Waals surface area contributed by atoms with Crippen LogP contribution in [-0.4, -0.2) is 11.7 Å². The molecule has 5 heteroatoms. The van der Waals surface area contributed by atoms with Gasteiger partial charge in [-0.05, 0) is 72.4 Å². The van der Waals surface area contributed by atoms with Gasteiger partial charge in [-0.2, -0.15) is 0 Å². The van der Waals surface area contributed by atoms with E-state index in [0.717, 1.165) is 22.4 Å². The number of ketones is 1. The number of hydrogen-bond donors (Lipinski definition) is 1. The smallest absolute Gasteiger partial charge is 0.248 e. The molecule has 0 spiro atoms. The first-order valence-corrected chi connectivity index (χ1v) is 10.2. The summed E-state index contributed by atoms with van der Waals surface area (Å²) in [6, 6.07) is 20.5. The Labute approximate surface area is 180 Å².